The van der Waals surface area contributed by atoms with Crippen molar-refractivity contribution in [3.05, 3.63) is 36.2 Å². The molecule has 2 unspecified atom stereocenters. The van der Waals surface area contributed by atoms with Gasteiger partial charge in [-0.05, 0) is 47.4 Å². The number of ether oxygens (including phenoxy) is 1. The standard InChI is InChI=1S/C17H21N5O3/c1-12-5-2-3-8-15(12)19-16(23)10-25-17(24)13-6-4-7-14(9-13)22-11-18-20-21-22/h4,6-7,9,11-12,15H,2-3,5,8,10H2,1H3,(H,19,23). The van der Waals surface area contributed by atoms with E-state index in [-0.39, 0.29) is 18.6 Å². The van der Waals surface area contributed by atoms with Crippen LogP contribution in [0.3, 0.4) is 0 Å². The first-order valence-electron chi connectivity index (χ1n) is 8.43. The van der Waals surface area contributed by atoms with Gasteiger partial charge in [0.05, 0.1) is 11.3 Å². The van der Waals surface area contributed by atoms with Gasteiger partial charge in [0.15, 0.2) is 6.61 Å². The summed E-state index contributed by atoms with van der Waals surface area (Å²) >= 11 is 0. The maximum atomic E-state index is 12.2. The Hall–Kier alpha value is -2.77. The summed E-state index contributed by atoms with van der Waals surface area (Å²) in [6, 6.07) is 6.88. The molecule has 1 heterocycles. The van der Waals surface area contributed by atoms with Crippen molar-refractivity contribution >= 4 is 11.9 Å². The first-order chi connectivity index (χ1) is 12.1. The van der Waals surface area contributed by atoms with Gasteiger partial charge in [-0.15, -0.1) is 5.10 Å². The van der Waals surface area contributed by atoms with Crippen LogP contribution in [0.25, 0.3) is 5.69 Å². The van der Waals surface area contributed by atoms with Crippen LogP contribution in [-0.2, 0) is 9.53 Å². The van der Waals surface area contributed by atoms with Crippen molar-refractivity contribution in [2.45, 2.75) is 38.6 Å². The average Bonchev–Trinajstić information content (AvgIpc) is 3.16. The SMILES string of the molecule is CC1CCCCC1NC(=O)COC(=O)c1cccc(-n2cnnn2)c1. The molecule has 2 aromatic rings. The number of esters is 1. The molecule has 1 aromatic heterocycles. The zero-order chi connectivity index (χ0) is 17.6. The third-order valence-corrected chi connectivity index (χ3v) is 4.49. The van der Waals surface area contributed by atoms with Crippen molar-refractivity contribution in [3.63, 3.8) is 0 Å². The van der Waals surface area contributed by atoms with E-state index < -0.39 is 5.97 Å². The second-order valence-corrected chi connectivity index (χ2v) is 6.32. The zero-order valence-corrected chi connectivity index (χ0v) is 14.1. The monoisotopic (exact) mass is 343 g/mol. The highest BCUT2D eigenvalue weighted by atomic mass is 16.5. The molecule has 1 saturated carbocycles. The van der Waals surface area contributed by atoms with E-state index in [9.17, 15) is 9.59 Å². The van der Waals surface area contributed by atoms with Crippen LogP contribution in [0.2, 0.25) is 0 Å². The molecule has 1 aliphatic rings. The van der Waals surface area contributed by atoms with Gasteiger partial charge in [0.25, 0.3) is 5.91 Å². The molecule has 3 rings (SSSR count). The van der Waals surface area contributed by atoms with Gasteiger partial charge in [-0.2, -0.15) is 0 Å². The summed E-state index contributed by atoms with van der Waals surface area (Å²) in [5, 5.41) is 13.8. The van der Waals surface area contributed by atoms with Crippen molar-refractivity contribution in [2.75, 3.05) is 6.61 Å². The number of hydrogen-bond donors (Lipinski definition) is 1. The predicted octanol–water partition coefficient (Wildman–Crippen LogP) is 1.51. The Bertz CT molecular complexity index is 732. The minimum atomic E-state index is -0.554. The smallest absolute Gasteiger partial charge is 0.338 e. The highest BCUT2D eigenvalue weighted by Gasteiger charge is 2.23. The van der Waals surface area contributed by atoms with Gasteiger partial charge in [0.1, 0.15) is 6.33 Å². The molecule has 1 aliphatic carbocycles. The van der Waals surface area contributed by atoms with Crippen molar-refractivity contribution in [1.29, 1.82) is 0 Å². The van der Waals surface area contributed by atoms with Gasteiger partial charge in [0.2, 0.25) is 0 Å². The van der Waals surface area contributed by atoms with E-state index in [0.29, 0.717) is 17.2 Å². The molecule has 0 aliphatic heterocycles. The van der Waals surface area contributed by atoms with Gasteiger partial charge in [-0.3, -0.25) is 4.79 Å². The number of hydrogen-bond acceptors (Lipinski definition) is 6. The fraction of sp³-hybridized carbons (Fsp3) is 0.471. The lowest BCUT2D eigenvalue weighted by Crippen LogP contribution is -2.42. The number of carbonyl (C=O) groups excluding carboxylic acids is 2. The molecular weight excluding hydrogens is 322 g/mol. The lowest BCUT2D eigenvalue weighted by molar-refractivity contribution is -0.125. The summed E-state index contributed by atoms with van der Waals surface area (Å²) in [7, 11) is 0. The van der Waals surface area contributed by atoms with Crippen molar-refractivity contribution in [1.82, 2.24) is 25.5 Å². The zero-order valence-electron chi connectivity index (χ0n) is 14.1. The molecule has 1 N–H and O–H groups in total. The Kier molecular flexibility index (Phi) is 5.37. The topological polar surface area (TPSA) is 99.0 Å². The number of tetrazole rings is 1. The van der Waals surface area contributed by atoms with E-state index in [2.05, 4.69) is 27.8 Å². The van der Waals surface area contributed by atoms with Crippen LogP contribution in [-0.4, -0.2) is 44.7 Å². The summed E-state index contributed by atoms with van der Waals surface area (Å²) < 4.78 is 6.57. The van der Waals surface area contributed by atoms with Crippen LogP contribution < -0.4 is 5.32 Å². The molecular formula is C17H21N5O3. The fourth-order valence-electron chi connectivity index (χ4n) is 3.05. The highest BCUT2D eigenvalue weighted by Crippen LogP contribution is 2.23. The quantitative estimate of drug-likeness (QED) is 0.826. The Morgan fingerprint density at radius 1 is 1.32 bits per heavy atom. The number of nitrogens with one attached hydrogen (secondary N) is 1. The summed E-state index contributed by atoms with van der Waals surface area (Å²) in [6.07, 6.45) is 5.87. The number of benzene rings is 1. The Balaban J connectivity index is 1.54. The van der Waals surface area contributed by atoms with Crippen molar-refractivity contribution in [3.8, 4) is 5.69 Å². The molecule has 0 saturated heterocycles. The molecule has 0 bridgehead atoms. The summed E-state index contributed by atoms with van der Waals surface area (Å²) in [5.41, 5.74) is 0.978. The van der Waals surface area contributed by atoms with Gasteiger partial charge in [-0.1, -0.05) is 25.8 Å². The number of nitrogens with zero attached hydrogens (tertiary/aromatic N) is 4. The van der Waals surface area contributed by atoms with Crippen LogP contribution in [0, 0.1) is 5.92 Å². The Labute approximate surface area is 145 Å². The van der Waals surface area contributed by atoms with E-state index in [0.717, 1.165) is 19.3 Å². The first-order valence-corrected chi connectivity index (χ1v) is 8.43. The van der Waals surface area contributed by atoms with Crippen LogP contribution >= 0.6 is 0 Å². The van der Waals surface area contributed by atoms with E-state index in [1.807, 2.05) is 0 Å². The molecule has 8 nitrogen and oxygen atoms in total. The summed E-state index contributed by atoms with van der Waals surface area (Å²) in [6.45, 7) is 1.86. The summed E-state index contributed by atoms with van der Waals surface area (Å²) in [5.74, 6) is -0.355. The maximum absolute atomic E-state index is 12.2. The third kappa shape index (κ3) is 4.40. The molecule has 132 valence electrons. The molecule has 1 fully saturated rings. The lowest BCUT2D eigenvalue weighted by atomic mass is 9.86. The molecule has 8 heteroatoms. The van der Waals surface area contributed by atoms with Crippen LogP contribution in [0.15, 0.2) is 30.6 Å². The summed E-state index contributed by atoms with van der Waals surface area (Å²) in [4.78, 5) is 24.2. The van der Waals surface area contributed by atoms with Crippen LogP contribution in [0.5, 0.6) is 0 Å². The number of aromatic nitrogens is 4. The second-order valence-electron chi connectivity index (χ2n) is 6.32. The molecule has 0 radical (unpaired) electrons. The van der Waals surface area contributed by atoms with Crippen LogP contribution in [0.4, 0.5) is 0 Å². The number of rotatable bonds is 5. The van der Waals surface area contributed by atoms with Crippen molar-refractivity contribution < 1.29 is 14.3 Å². The van der Waals surface area contributed by atoms with Gasteiger partial charge in [0, 0.05) is 6.04 Å². The number of carbonyl (C=O) groups is 2. The second kappa shape index (κ2) is 7.87. The molecule has 2 atom stereocenters. The third-order valence-electron chi connectivity index (χ3n) is 4.49. The minimum absolute atomic E-state index is 0.170. The molecule has 1 amide bonds. The Morgan fingerprint density at radius 2 is 2.16 bits per heavy atom. The lowest BCUT2D eigenvalue weighted by Gasteiger charge is -2.29. The average molecular weight is 343 g/mol. The molecule has 1 aromatic carbocycles. The van der Waals surface area contributed by atoms with E-state index in [1.165, 1.54) is 17.4 Å². The fourth-order valence-corrected chi connectivity index (χ4v) is 3.05. The van der Waals surface area contributed by atoms with E-state index >= 15 is 0 Å². The Morgan fingerprint density at radius 3 is 2.92 bits per heavy atom. The minimum Gasteiger partial charge on any atom is -0.452 e. The van der Waals surface area contributed by atoms with Gasteiger partial charge < -0.3 is 10.1 Å². The first kappa shape index (κ1) is 17.1. The molecule has 25 heavy (non-hydrogen) atoms. The highest BCUT2D eigenvalue weighted by molar-refractivity contribution is 5.91. The van der Waals surface area contributed by atoms with Crippen LogP contribution in [0.1, 0.15) is 43.0 Å². The predicted molar refractivity (Wildman–Crippen MR) is 89.0 cm³/mol. The maximum Gasteiger partial charge on any atom is 0.338 e. The van der Waals surface area contributed by atoms with Gasteiger partial charge in [-0.25, -0.2) is 9.48 Å². The largest absolute Gasteiger partial charge is 0.452 e. The van der Waals surface area contributed by atoms with E-state index in [4.69, 9.17) is 4.74 Å². The van der Waals surface area contributed by atoms with Crippen molar-refractivity contribution in [2.24, 2.45) is 5.92 Å². The van der Waals surface area contributed by atoms with E-state index in [1.54, 1.807) is 24.3 Å². The molecule has 0 spiro atoms. The number of amides is 1. The van der Waals surface area contributed by atoms with Gasteiger partial charge >= 0.3 is 5.97 Å². The normalized spacial score (nSPS) is 20.0.